The van der Waals surface area contributed by atoms with Crippen LogP contribution in [0, 0.1) is 18.7 Å². The Hall–Kier alpha value is -2.76. The van der Waals surface area contributed by atoms with E-state index in [1.807, 2.05) is 19.1 Å². The maximum atomic E-state index is 13.2. The number of likely N-dealkylation sites (tertiary alicyclic amines) is 1. The Morgan fingerprint density at radius 2 is 1.96 bits per heavy atom. The molecule has 0 aliphatic carbocycles. The lowest BCUT2D eigenvalue weighted by atomic mass is 9.84. The molecule has 0 bridgehead atoms. The van der Waals surface area contributed by atoms with Gasteiger partial charge >= 0.3 is 0 Å². The molecule has 3 rings (SSSR count). The van der Waals surface area contributed by atoms with E-state index in [1.165, 1.54) is 12.1 Å². The molecule has 1 aromatic heterocycles. The molecule has 25 heavy (non-hydrogen) atoms. The number of amides is 2. The smallest absolute Gasteiger partial charge is 0.231 e. The maximum Gasteiger partial charge on any atom is 0.231 e. The van der Waals surface area contributed by atoms with Gasteiger partial charge in [0, 0.05) is 19.2 Å². The fourth-order valence-corrected chi connectivity index (χ4v) is 3.26. The molecule has 0 unspecified atom stereocenters. The molecule has 1 N–H and O–H groups in total. The van der Waals surface area contributed by atoms with Crippen LogP contribution in [-0.4, -0.2) is 28.7 Å². The first-order valence-electron chi connectivity index (χ1n) is 8.21. The fraction of sp³-hybridized carbons (Fsp3) is 0.316. The van der Waals surface area contributed by atoms with Gasteiger partial charge in [-0.3, -0.25) is 9.59 Å². The van der Waals surface area contributed by atoms with Gasteiger partial charge in [0.15, 0.2) is 0 Å². The number of aryl methyl sites for hydroxylation is 1. The topological polar surface area (TPSA) is 62.3 Å². The Labute approximate surface area is 145 Å². The molecule has 0 radical (unpaired) electrons. The summed E-state index contributed by atoms with van der Waals surface area (Å²) < 4.78 is 13.2. The third kappa shape index (κ3) is 3.68. The molecule has 5 nitrogen and oxygen atoms in total. The average molecular weight is 341 g/mol. The molecule has 1 fully saturated rings. The normalized spacial score (nSPS) is 20.4. The van der Waals surface area contributed by atoms with Gasteiger partial charge in [0.05, 0.1) is 12.0 Å². The van der Waals surface area contributed by atoms with Crippen LogP contribution in [0.25, 0.3) is 0 Å². The summed E-state index contributed by atoms with van der Waals surface area (Å²) in [4.78, 5) is 30.8. The molecule has 1 aliphatic rings. The number of halogens is 1. The number of nitrogens with zero attached hydrogens (tertiary/aromatic N) is 2. The third-order valence-electron chi connectivity index (χ3n) is 4.55. The molecule has 0 saturated carbocycles. The fourth-order valence-electron chi connectivity index (χ4n) is 3.26. The van der Waals surface area contributed by atoms with E-state index in [4.69, 9.17) is 0 Å². The number of carbonyl (C=O) groups is 2. The molecule has 1 saturated heterocycles. The van der Waals surface area contributed by atoms with Crippen molar-refractivity contribution in [1.29, 1.82) is 0 Å². The predicted octanol–water partition coefficient (Wildman–Crippen LogP) is 3.08. The quantitative estimate of drug-likeness (QED) is 0.933. The van der Waals surface area contributed by atoms with Gasteiger partial charge in [-0.15, -0.1) is 0 Å². The molecule has 6 heteroatoms. The van der Waals surface area contributed by atoms with Crippen LogP contribution >= 0.6 is 0 Å². The minimum Gasteiger partial charge on any atom is -0.338 e. The van der Waals surface area contributed by atoms with Crippen molar-refractivity contribution in [2.24, 2.45) is 5.92 Å². The highest BCUT2D eigenvalue weighted by atomic mass is 19.1. The zero-order valence-electron chi connectivity index (χ0n) is 14.2. The van der Waals surface area contributed by atoms with Crippen LogP contribution in [0.3, 0.4) is 0 Å². The van der Waals surface area contributed by atoms with Crippen LogP contribution < -0.4 is 5.32 Å². The number of hydrogen-bond acceptors (Lipinski definition) is 3. The molecule has 2 atom stereocenters. The standard InChI is InChI=1S/C19H20FN3O2/c1-12-4-3-5-16(21-12)22-19(25)15-10-11-17(24)23(2)18(15)13-6-8-14(20)9-7-13/h3-9,15,18H,10-11H2,1-2H3,(H,21,22,25)/t15-,18-/m0/s1. The van der Waals surface area contributed by atoms with E-state index in [-0.39, 0.29) is 17.6 Å². The summed E-state index contributed by atoms with van der Waals surface area (Å²) >= 11 is 0. The Kier molecular flexibility index (Phi) is 4.79. The SMILES string of the molecule is Cc1cccc(NC(=O)[C@H]2CCC(=O)N(C)[C@H]2c2ccc(F)cc2)n1. The van der Waals surface area contributed by atoms with E-state index in [2.05, 4.69) is 10.3 Å². The van der Waals surface area contributed by atoms with Crippen molar-refractivity contribution in [3.05, 3.63) is 59.5 Å². The van der Waals surface area contributed by atoms with Gasteiger partial charge in [-0.1, -0.05) is 18.2 Å². The molecule has 130 valence electrons. The van der Waals surface area contributed by atoms with Crippen molar-refractivity contribution in [3.8, 4) is 0 Å². The Morgan fingerprint density at radius 1 is 1.24 bits per heavy atom. The van der Waals surface area contributed by atoms with E-state index in [9.17, 15) is 14.0 Å². The van der Waals surface area contributed by atoms with Gasteiger partial charge in [-0.05, 0) is 43.2 Å². The second-order valence-corrected chi connectivity index (χ2v) is 6.30. The Bertz CT molecular complexity index is 792. The summed E-state index contributed by atoms with van der Waals surface area (Å²) in [6, 6.07) is 10.9. The highest BCUT2D eigenvalue weighted by Gasteiger charge is 2.38. The van der Waals surface area contributed by atoms with Crippen LogP contribution in [0.4, 0.5) is 10.2 Å². The second-order valence-electron chi connectivity index (χ2n) is 6.30. The molecule has 2 amide bonds. The minimum atomic E-state index is -0.424. The molecule has 1 aromatic carbocycles. The second kappa shape index (κ2) is 7.01. The van der Waals surface area contributed by atoms with Crippen molar-refractivity contribution in [2.45, 2.75) is 25.8 Å². The number of hydrogen-bond donors (Lipinski definition) is 1. The van der Waals surface area contributed by atoms with Crippen molar-refractivity contribution in [3.63, 3.8) is 0 Å². The first-order valence-corrected chi connectivity index (χ1v) is 8.21. The van der Waals surface area contributed by atoms with Gasteiger partial charge in [0.1, 0.15) is 11.6 Å². The summed E-state index contributed by atoms with van der Waals surface area (Å²) in [5, 5.41) is 2.84. The largest absolute Gasteiger partial charge is 0.338 e. The van der Waals surface area contributed by atoms with Gasteiger partial charge in [0.25, 0.3) is 0 Å². The van der Waals surface area contributed by atoms with Gasteiger partial charge in [-0.2, -0.15) is 0 Å². The maximum absolute atomic E-state index is 13.2. The summed E-state index contributed by atoms with van der Waals surface area (Å²) in [6.45, 7) is 1.85. The van der Waals surface area contributed by atoms with Crippen molar-refractivity contribution in [2.75, 3.05) is 12.4 Å². The number of piperidine rings is 1. The van der Waals surface area contributed by atoms with Crippen LogP contribution in [0.5, 0.6) is 0 Å². The molecular formula is C19H20FN3O2. The average Bonchev–Trinajstić information content (AvgIpc) is 2.58. The van der Waals surface area contributed by atoms with Crippen LogP contribution in [0.15, 0.2) is 42.5 Å². The lowest BCUT2D eigenvalue weighted by molar-refractivity contribution is -0.140. The van der Waals surface area contributed by atoms with Crippen LogP contribution in [0.1, 0.15) is 30.1 Å². The van der Waals surface area contributed by atoms with E-state index in [1.54, 1.807) is 30.1 Å². The highest BCUT2D eigenvalue weighted by Crippen LogP contribution is 2.36. The summed E-state index contributed by atoms with van der Waals surface area (Å²) in [7, 11) is 1.68. The predicted molar refractivity (Wildman–Crippen MR) is 92.2 cm³/mol. The van der Waals surface area contributed by atoms with E-state index in [0.717, 1.165) is 11.3 Å². The zero-order valence-corrected chi connectivity index (χ0v) is 14.2. The van der Waals surface area contributed by atoms with Gasteiger partial charge in [0.2, 0.25) is 11.8 Å². The minimum absolute atomic E-state index is 0.0212. The molecule has 2 heterocycles. The molecule has 0 spiro atoms. The highest BCUT2D eigenvalue weighted by molar-refractivity contribution is 5.94. The number of rotatable bonds is 3. The number of carbonyl (C=O) groups excluding carboxylic acids is 2. The van der Waals surface area contributed by atoms with Crippen molar-refractivity contribution in [1.82, 2.24) is 9.88 Å². The van der Waals surface area contributed by atoms with Gasteiger partial charge < -0.3 is 10.2 Å². The molecular weight excluding hydrogens is 321 g/mol. The number of benzene rings is 1. The third-order valence-corrected chi connectivity index (χ3v) is 4.55. The van der Waals surface area contributed by atoms with Crippen molar-refractivity contribution >= 4 is 17.6 Å². The molecule has 2 aromatic rings. The van der Waals surface area contributed by atoms with Crippen LogP contribution in [0.2, 0.25) is 0 Å². The zero-order chi connectivity index (χ0) is 18.0. The van der Waals surface area contributed by atoms with E-state index in [0.29, 0.717) is 18.7 Å². The summed E-state index contributed by atoms with van der Waals surface area (Å²) in [6.07, 6.45) is 0.760. The number of aromatic nitrogens is 1. The van der Waals surface area contributed by atoms with E-state index >= 15 is 0 Å². The number of anilines is 1. The summed E-state index contributed by atoms with van der Waals surface area (Å²) in [5.41, 5.74) is 1.55. The monoisotopic (exact) mass is 341 g/mol. The summed E-state index contributed by atoms with van der Waals surface area (Å²) in [5.74, 6) is -0.491. The van der Waals surface area contributed by atoms with Gasteiger partial charge in [-0.25, -0.2) is 9.37 Å². The first kappa shape index (κ1) is 17.1. The van der Waals surface area contributed by atoms with Crippen molar-refractivity contribution < 1.29 is 14.0 Å². The lowest BCUT2D eigenvalue weighted by Crippen LogP contribution is -2.44. The van der Waals surface area contributed by atoms with Crippen LogP contribution in [-0.2, 0) is 9.59 Å². The Balaban J connectivity index is 1.87. The Morgan fingerprint density at radius 3 is 2.64 bits per heavy atom. The number of nitrogens with one attached hydrogen (secondary N) is 1. The molecule has 1 aliphatic heterocycles. The number of pyridine rings is 1. The van der Waals surface area contributed by atoms with E-state index < -0.39 is 12.0 Å². The first-order chi connectivity index (χ1) is 12.0. The lowest BCUT2D eigenvalue weighted by Gasteiger charge is -2.38.